The Morgan fingerprint density at radius 1 is 1.07 bits per heavy atom. The molecule has 30 heavy (non-hydrogen) atoms. The van der Waals surface area contributed by atoms with Crippen molar-refractivity contribution in [1.29, 1.82) is 0 Å². The van der Waals surface area contributed by atoms with Crippen molar-refractivity contribution in [2.24, 2.45) is 0 Å². The standard InChI is InChI=1S/C19H17F4N5O2/c1-12(20)6-15-3-2-13(7-24-15)10-28-17(29)5-4-16(27-28)14-8-25-18(26-9-14)30-11-19(21,22)23/h2-5,7-9,12H,6,10-11H2,1H3. The summed E-state index contributed by atoms with van der Waals surface area (Å²) < 4.78 is 55.3. The molecule has 0 aliphatic heterocycles. The van der Waals surface area contributed by atoms with Crippen LogP contribution in [0.5, 0.6) is 6.01 Å². The van der Waals surface area contributed by atoms with Crippen LogP contribution in [0.15, 0.2) is 47.7 Å². The van der Waals surface area contributed by atoms with Crippen molar-refractivity contribution in [2.45, 2.75) is 32.2 Å². The van der Waals surface area contributed by atoms with Crippen LogP contribution >= 0.6 is 0 Å². The van der Waals surface area contributed by atoms with Gasteiger partial charge in [0.05, 0.1) is 12.2 Å². The molecule has 0 aromatic carbocycles. The Balaban J connectivity index is 1.74. The number of nitrogens with zero attached hydrogens (tertiary/aromatic N) is 5. The highest BCUT2D eigenvalue weighted by Crippen LogP contribution is 2.18. The molecular weight excluding hydrogens is 406 g/mol. The maximum atomic E-state index is 13.0. The zero-order chi connectivity index (χ0) is 21.7. The molecule has 0 amide bonds. The van der Waals surface area contributed by atoms with E-state index in [1.54, 1.807) is 18.3 Å². The van der Waals surface area contributed by atoms with Crippen LogP contribution in [0.2, 0.25) is 0 Å². The molecule has 0 radical (unpaired) electrons. The molecule has 0 fully saturated rings. The van der Waals surface area contributed by atoms with E-state index >= 15 is 0 Å². The minimum Gasteiger partial charge on any atom is -0.454 e. The Bertz CT molecular complexity index is 1030. The molecule has 0 N–H and O–H groups in total. The molecule has 11 heteroatoms. The van der Waals surface area contributed by atoms with Gasteiger partial charge in [-0.3, -0.25) is 9.78 Å². The maximum absolute atomic E-state index is 13.0. The first-order chi connectivity index (χ1) is 14.2. The van der Waals surface area contributed by atoms with Gasteiger partial charge in [-0.15, -0.1) is 0 Å². The second-order valence-electron chi connectivity index (χ2n) is 6.52. The summed E-state index contributed by atoms with van der Waals surface area (Å²) in [7, 11) is 0. The molecule has 3 heterocycles. The van der Waals surface area contributed by atoms with Crippen LogP contribution in [-0.4, -0.2) is 43.7 Å². The number of rotatable bonds is 7. The summed E-state index contributed by atoms with van der Waals surface area (Å²) in [6.45, 7) is 0.0918. The Hall–Kier alpha value is -3.37. The smallest absolute Gasteiger partial charge is 0.422 e. The molecule has 1 atom stereocenters. The summed E-state index contributed by atoms with van der Waals surface area (Å²) in [4.78, 5) is 23.8. The summed E-state index contributed by atoms with van der Waals surface area (Å²) in [5.74, 6) is 0. The largest absolute Gasteiger partial charge is 0.454 e. The van der Waals surface area contributed by atoms with Gasteiger partial charge in [-0.2, -0.15) is 18.3 Å². The number of hydrogen-bond acceptors (Lipinski definition) is 6. The van der Waals surface area contributed by atoms with E-state index in [-0.39, 0.29) is 18.5 Å². The Morgan fingerprint density at radius 3 is 2.40 bits per heavy atom. The number of aromatic nitrogens is 5. The van der Waals surface area contributed by atoms with E-state index < -0.39 is 25.0 Å². The van der Waals surface area contributed by atoms with Gasteiger partial charge in [0, 0.05) is 42.3 Å². The number of pyridine rings is 1. The maximum Gasteiger partial charge on any atom is 0.422 e. The van der Waals surface area contributed by atoms with E-state index in [2.05, 4.69) is 24.8 Å². The number of ether oxygens (including phenoxy) is 1. The first-order valence-corrected chi connectivity index (χ1v) is 8.87. The third-order valence-electron chi connectivity index (χ3n) is 3.86. The van der Waals surface area contributed by atoms with Gasteiger partial charge in [0.2, 0.25) is 0 Å². The molecule has 0 saturated heterocycles. The predicted molar refractivity (Wildman–Crippen MR) is 98.7 cm³/mol. The van der Waals surface area contributed by atoms with Crippen LogP contribution in [0, 0.1) is 0 Å². The molecule has 3 aromatic heterocycles. The zero-order valence-corrected chi connectivity index (χ0v) is 15.8. The van der Waals surface area contributed by atoms with Crippen molar-refractivity contribution in [3.63, 3.8) is 0 Å². The van der Waals surface area contributed by atoms with Gasteiger partial charge in [0.15, 0.2) is 6.61 Å². The lowest BCUT2D eigenvalue weighted by atomic mass is 10.2. The summed E-state index contributed by atoms with van der Waals surface area (Å²) >= 11 is 0. The van der Waals surface area contributed by atoms with Gasteiger partial charge in [-0.1, -0.05) is 6.07 Å². The average molecular weight is 423 g/mol. The van der Waals surface area contributed by atoms with E-state index in [1.807, 2.05) is 0 Å². The first-order valence-electron chi connectivity index (χ1n) is 8.87. The molecular formula is C19H17F4N5O2. The van der Waals surface area contributed by atoms with Crippen LogP contribution in [0.3, 0.4) is 0 Å². The van der Waals surface area contributed by atoms with Crippen molar-refractivity contribution in [2.75, 3.05) is 6.61 Å². The summed E-state index contributed by atoms with van der Waals surface area (Å²) in [5, 5.41) is 4.24. The lowest BCUT2D eigenvalue weighted by molar-refractivity contribution is -0.154. The molecule has 1 unspecified atom stereocenters. The van der Waals surface area contributed by atoms with Crippen molar-refractivity contribution in [3.05, 3.63) is 64.5 Å². The van der Waals surface area contributed by atoms with E-state index in [9.17, 15) is 22.4 Å². The van der Waals surface area contributed by atoms with Crippen LogP contribution in [0.1, 0.15) is 18.2 Å². The van der Waals surface area contributed by atoms with Crippen molar-refractivity contribution in [3.8, 4) is 17.3 Å². The van der Waals surface area contributed by atoms with Gasteiger partial charge < -0.3 is 4.74 Å². The minimum atomic E-state index is -4.49. The fraction of sp³-hybridized carbons (Fsp3) is 0.316. The molecule has 0 bridgehead atoms. The number of alkyl halides is 4. The van der Waals surface area contributed by atoms with Crippen LogP contribution < -0.4 is 10.3 Å². The predicted octanol–water partition coefficient (Wildman–Crippen LogP) is 2.99. The fourth-order valence-corrected chi connectivity index (χ4v) is 2.52. The van der Waals surface area contributed by atoms with Crippen molar-refractivity contribution >= 4 is 0 Å². The molecule has 3 rings (SSSR count). The molecule has 3 aromatic rings. The lowest BCUT2D eigenvalue weighted by Gasteiger charge is -2.09. The Morgan fingerprint density at radius 2 is 1.80 bits per heavy atom. The van der Waals surface area contributed by atoms with Crippen LogP contribution in [-0.2, 0) is 13.0 Å². The normalized spacial score (nSPS) is 12.6. The second kappa shape index (κ2) is 8.97. The van der Waals surface area contributed by atoms with Gasteiger partial charge in [-0.25, -0.2) is 19.0 Å². The van der Waals surface area contributed by atoms with Crippen molar-refractivity contribution in [1.82, 2.24) is 24.7 Å². The van der Waals surface area contributed by atoms with E-state index in [0.717, 1.165) is 0 Å². The molecule has 0 spiro atoms. The quantitative estimate of drug-likeness (QED) is 0.544. The minimum absolute atomic E-state index is 0.138. The molecule has 158 valence electrons. The van der Waals surface area contributed by atoms with Gasteiger partial charge in [0.25, 0.3) is 5.56 Å². The highest BCUT2D eigenvalue weighted by molar-refractivity contribution is 5.55. The summed E-state index contributed by atoms with van der Waals surface area (Å²) in [5.41, 5.74) is 1.70. The van der Waals surface area contributed by atoms with E-state index in [1.165, 1.54) is 36.1 Å². The fourth-order valence-electron chi connectivity index (χ4n) is 2.52. The lowest BCUT2D eigenvalue weighted by Crippen LogP contribution is -2.23. The monoisotopic (exact) mass is 423 g/mol. The molecule has 0 saturated carbocycles. The van der Waals surface area contributed by atoms with Gasteiger partial charge >= 0.3 is 12.2 Å². The van der Waals surface area contributed by atoms with E-state index in [0.29, 0.717) is 22.5 Å². The molecule has 0 aliphatic rings. The van der Waals surface area contributed by atoms with Gasteiger partial charge in [0.1, 0.15) is 6.17 Å². The average Bonchev–Trinajstić information content (AvgIpc) is 2.69. The highest BCUT2D eigenvalue weighted by atomic mass is 19.4. The summed E-state index contributed by atoms with van der Waals surface area (Å²) in [6.07, 6.45) is -1.23. The third kappa shape index (κ3) is 6.06. The van der Waals surface area contributed by atoms with Crippen LogP contribution in [0.4, 0.5) is 17.6 Å². The first kappa shape index (κ1) is 21.3. The van der Waals surface area contributed by atoms with Crippen LogP contribution in [0.25, 0.3) is 11.3 Å². The topological polar surface area (TPSA) is 82.8 Å². The Labute approximate surface area is 168 Å². The van der Waals surface area contributed by atoms with Crippen molar-refractivity contribution < 1.29 is 22.3 Å². The highest BCUT2D eigenvalue weighted by Gasteiger charge is 2.28. The zero-order valence-electron chi connectivity index (χ0n) is 15.8. The third-order valence-corrected chi connectivity index (χ3v) is 3.86. The number of halogens is 4. The number of hydrogen-bond donors (Lipinski definition) is 0. The molecule has 0 aliphatic carbocycles. The summed E-state index contributed by atoms with van der Waals surface area (Å²) in [6, 6.07) is 5.77. The SMILES string of the molecule is CC(F)Cc1ccc(Cn2nc(-c3cnc(OCC(F)(F)F)nc3)ccc2=O)cn1. The van der Waals surface area contributed by atoms with E-state index in [4.69, 9.17) is 0 Å². The van der Waals surface area contributed by atoms with Gasteiger partial charge in [-0.05, 0) is 24.6 Å². The Kier molecular flexibility index (Phi) is 6.38. The molecule has 7 nitrogen and oxygen atoms in total. The second-order valence-corrected chi connectivity index (χ2v) is 6.52.